The number of carbonyl (C=O) groups excluding carboxylic acids is 2. The summed E-state index contributed by atoms with van der Waals surface area (Å²) in [5.74, 6) is -0.194. The van der Waals surface area contributed by atoms with Crippen LogP contribution in [0.4, 0.5) is 11.4 Å². The van der Waals surface area contributed by atoms with Crippen molar-refractivity contribution >= 4 is 23.2 Å². The molecular formula is C21H32N4O2. The van der Waals surface area contributed by atoms with Gasteiger partial charge in [-0.25, -0.2) is 0 Å². The van der Waals surface area contributed by atoms with Crippen LogP contribution in [0.2, 0.25) is 0 Å². The molecule has 27 heavy (non-hydrogen) atoms. The molecule has 1 aliphatic heterocycles. The molecule has 0 spiro atoms. The van der Waals surface area contributed by atoms with Crippen LogP contribution in [0.1, 0.15) is 25.8 Å². The quantitative estimate of drug-likeness (QED) is 0.832. The number of aryl methyl sites for hydroxylation is 1. The highest BCUT2D eigenvalue weighted by Gasteiger charge is 2.49. The van der Waals surface area contributed by atoms with Crippen molar-refractivity contribution in [2.24, 2.45) is 11.8 Å². The Morgan fingerprint density at radius 3 is 2.37 bits per heavy atom. The number of nitrogens with zero attached hydrogens (tertiary/aromatic N) is 3. The fraction of sp³-hybridized carbons (Fsp3) is 0.619. The number of anilines is 2. The van der Waals surface area contributed by atoms with Gasteiger partial charge < -0.3 is 20.0 Å². The molecule has 1 aliphatic carbocycles. The Morgan fingerprint density at radius 1 is 1.11 bits per heavy atom. The van der Waals surface area contributed by atoms with Gasteiger partial charge >= 0.3 is 0 Å². The molecule has 1 N–H and O–H groups in total. The zero-order valence-corrected chi connectivity index (χ0v) is 17.0. The van der Waals surface area contributed by atoms with Crippen LogP contribution < -0.4 is 10.2 Å². The summed E-state index contributed by atoms with van der Waals surface area (Å²) in [7, 11) is 2.07. The second-order valence-electron chi connectivity index (χ2n) is 7.74. The minimum Gasteiger partial charge on any atom is -0.372 e. The van der Waals surface area contributed by atoms with E-state index in [1.165, 1.54) is 5.69 Å². The minimum absolute atomic E-state index is 0.0267. The number of amides is 2. The van der Waals surface area contributed by atoms with Gasteiger partial charge in [0.25, 0.3) is 0 Å². The number of likely N-dealkylation sites (N-methyl/N-ethyl adjacent to an activating group) is 1. The first kappa shape index (κ1) is 19.7. The van der Waals surface area contributed by atoms with E-state index in [-0.39, 0.29) is 23.7 Å². The van der Waals surface area contributed by atoms with Crippen LogP contribution in [0.5, 0.6) is 0 Å². The largest absolute Gasteiger partial charge is 0.372 e. The topological polar surface area (TPSA) is 55.9 Å². The van der Waals surface area contributed by atoms with E-state index < -0.39 is 0 Å². The van der Waals surface area contributed by atoms with Crippen LogP contribution in [0.3, 0.4) is 0 Å². The zero-order valence-electron chi connectivity index (χ0n) is 17.0. The lowest BCUT2D eigenvalue weighted by atomic mass is 10.1. The summed E-state index contributed by atoms with van der Waals surface area (Å²) in [4.78, 5) is 31.6. The number of carbonyl (C=O) groups is 2. The van der Waals surface area contributed by atoms with Crippen LogP contribution in [0.15, 0.2) is 18.2 Å². The third kappa shape index (κ3) is 4.43. The zero-order chi connectivity index (χ0) is 19.6. The van der Waals surface area contributed by atoms with Crippen molar-refractivity contribution < 1.29 is 9.59 Å². The molecule has 1 heterocycles. The second kappa shape index (κ2) is 8.30. The normalized spacial score (nSPS) is 22.4. The number of piperazine rings is 1. The maximum Gasteiger partial charge on any atom is 0.228 e. The Bertz CT molecular complexity index is 693. The van der Waals surface area contributed by atoms with E-state index in [2.05, 4.69) is 48.1 Å². The van der Waals surface area contributed by atoms with E-state index in [0.717, 1.165) is 50.5 Å². The molecule has 2 atom stereocenters. The summed E-state index contributed by atoms with van der Waals surface area (Å²) >= 11 is 0. The molecule has 148 valence electrons. The molecule has 0 bridgehead atoms. The average molecular weight is 373 g/mol. The van der Waals surface area contributed by atoms with Crippen LogP contribution >= 0.6 is 0 Å². The SMILES string of the molecule is CCN(CC)c1ccc(NC(=O)C2CC2C(=O)N2CCN(C)CC2)c(C)c1. The van der Waals surface area contributed by atoms with Crippen LogP contribution in [-0.2, 0) is 9.59 Å². The van der Waals surface area contributed by atoms with Crippen molar-refractivity contribution in [1.82, 2.24) is 9.80 Å². The monoisotopic (exact) mass is 372 g/mol. The molecular weight excluding hydrogens is 340 g/mol. The molecule has 1 saturated carbocycles. The Balaban J connectivity index is 1.56. The Morgan fingerprint density at radius 2 is 1.78 bits per heavy atom. The predicted octanol–water partition coefficient (Wildman–Crippen LogP) is 2.19. The standard InChI is InChI=1S/C21H32N4O2/c1-5-24(6-2)16-7-8-19(15(3)13-16)22-20(26)17-14-18(17)21(27)25-11-9-23(4)10-12-25/h7-8,13,17-18H,5-6,9-12,14H2,1-4H3,(H,22,26). The Kier molecular flexibility index (Phi) is 6.05. The Labute approximate surface area is 162 Å². The minimum atomic E-state index is -0.181. The van der Waals surface area contributed by atoms with Gasteiger partial charge in [0.05, 0.1) is 11.8 Å². The van der Waals surface area contributed by atoms with Crippen molar-refractivity contribution in [1.29, 1.82) is 0 Å². The van der Waals surface area contributed by atoms with Gasteiger partial charge in [0.1, 0.15) is 0 Å². The summed E-state index contributed by atoms with van der Waals surface area (Å²) in [6.07, 6.45) is 0.674. The number of benzene rings is 1. The maximum atomic E-state index is 12.6. The van der Waals surface area contributed by atoms with Crippen molar-refractivity contribution in [2.45, 2.75) is 27.2 Å². The molecule has 6 nitrogen and oxygen atoms in total. The van der Waals surface area contributed by atoms with Gasteiger partial charge in [0.15, 0.2) is 0 Å². The van der Waals surface area contributed by atoms with Crippen molar-refractivity contribution in [3.05, 3.63) is 23.8 Å². The summed E-state index contributed by atoms with van der Waals surface area (Å²) in [5.41, 5.74) is 3.06. The maximum absolute atomic E-state index is 12.6. The van der Waals surface area contributed by atoms with E-state index in [9.17, 15) is 9.59 Å². The summed E-state index contributed by atoms with van der Waals surface area (Å²) in [5, 5.41) is 3.03. The lowest BCUT2D eigenvalue weighted by Gasteiger charge is -2.32. The first-order valence-electron chi connectivity index (χ1n) is 10.1. The Hall–Kier alpha value is -2.08. The van der Waals surface area contributed by atoms with Crippen LogP contribution in [-0.4, -0.2) is 67.9 Å². The molecule has 0 radical (unpaired) electrons. The van der Waals surface area contributed by atoms with Crippen molar-refractivity contribution in [3.8, 4) is 0 Å². The number of hydrogen-bond donors (Lipinski definition) is 1. The van der Waals surface area contributed by atoms with Gasteiger partial charge in [-0.3, -0.25) is 9.59 Å². The molecule has 3 rings (SSSR count). The predicted molar refractivity (Wildman–Crippen MR) is 109 cm³/mol. The lowest BCUT2D eigenvalue weighted by molar-refractivity contribution is -0.135. The third-order valence-electron chi connectivity index (χ3n) is 5.86. The van der Waals surface area contributed by atoms with Gasteiger partial charge in [-0.1, -0.05) is 0 Å². The molecule has 0 aromatic heterocycles. The smallest absolute Gasteiger partial charge is 0.228 e. The first-order valence-corrected chi connectivity index (χ1v) is 10.1. The molecule has 1 saturated heterocycles. The summed E-state index contributed by atoms with van der Waals surface area (Å²) < 4.78 is 0. The number of rotatable bonds is 6. The van der Waals surface area contributed by atoms with Gasteiger partial charge in [-0.2, -0.15) is 0 Å². The fourth-order valence-corrected chi connectivity index (χ4v) is 3.82. The average Bonchev–Trinajstić information content (AvgIpc) is 3.46. The van der Waals surface area contributed by atoms with Crippen molar-refractivity contribution in [2.75, 3.05) is 56.5 Å². The van der Waals surface area contributed by atoms with Gasteiger partial charge in [-0.15, -0.1) is 0 Å². The van der Waals surface area contributed by atoms with E-state index in [1.54, 1.807) is 0 Å². The summed E-state index contributed by atoms with van der Waals surface area (Å²) in [6, 6.07) is 6.14. The van der Waals surface area contributed by atoms with Crippen molar-refractivity contribution in [3.63, 3.8) is 0 Å². The highest BCUT2D eigenvalue weighted by Crippen LogP contribution is 2.41. The van der Waals surface area contributed by atoms with Crippen LogP contribution in [0.25, 0.3) is 0 Å². The molecule has 2 amide bonds. The molecule has 1 aromatic rings. The van der Waals surface area contributed by atoms with E-state index in [4.69, 9.17) is 0 Å². The molecule has 2 fully saturated rings. The number of hydrogen-bond acceptors (Lipinski definition) is 4. The highest BCUT2D eigenvalue weighted by atomic mass is 16.2. The number of nitrogens with one attached hydrogen (secondary N) is 1. The molecule has 2 aliphatic rings. The van der Waals surface area contributed by atoms with E-state index >= 15 is 0 Å². The van der Waals surface area contributed by atoms with E-state index in [0.29, 0.717) is 6.42 Å². The second-order valence-corrected chi connectivity index (χ2v) is 7.74. The first-order chi connectivity index (χ1) is 12.9. The third-order valence-corrected chi connectivity index (χ3v) is 5.86. The van der Waals surface area contributed by atoms with E-state index in [1.807, 2.05) is 17.9 Å². The molecule has 6 heteroatoms. The highest BCUT2D eigenvalue weighted by molar-refractivity contribution is 6.00. The summed E-state index contributed by atoms with van der Waals surface area (Å²) in [6.45, 7) is 11.6. The fourth-order valence-electron chi connectivity index (χ4n) is 3.82. The molecule has 1 aromatic carbocycles. The van der Waals surface area contributed by atoms with Crippen LogP contribution in [0, 0.1) is 18.8 Å². The lowest BCUT2D eigenvalue weighted by Crippen LogP contribution is -2.48. The van der Waals surface area contributed by atoms with Gasteiger partial charge in [0.2, 0.25) is 11.8 Å². The van der Waals surface area contributed by atoms with Gasteiger partial charge in [-0.05, 0) is 58.0 Å². The van der Waals surface area contributed by atoms with Gasteiger partial charge in [0, 0.05) is 50.6 Å². The molecule has 2 unspecified atom stereocenters.